The molecule has 1 aromatic heterocycles. The molecule has 6 N–H and O–H groups in total. The molecule has 2 fully saturated rings. The van der Waals surface area contributed by atoms with Gasteiger partial charge in [-0.2, -0.15) is 0 Å². The van der Waals surface area contributed by atoms with Gasteiger partial charge in [0.2, 0.25) is 17.7 Å². The number of carbonyl (C=O) groups excluding carboxylic acids is 4. The van der Waals surface area contributed by atoms with Gasteiger partial charge in [0.15, 0.2) is 5.78 Å². The van der Waals surface area contributed by atoms with Crippen molar-refractivity contribution in [2.24, 2.45) is 5.73 Å². The van der Waals surface area contributed by atoms with Crippen LogP contribution < -0.4 is 21.7 Å². The number of rotatable bonds is 7. The van der Waals surface area contributed by atoms with Gasteiger partial charge in [0.05, 0.1) is 18.4 Å². The summed E-state index contributed by atoms with van der Waals surface area (Å²) in [5, 5.41) is 7.65. The van der Waals surface area contributed by atoms with Gasteiger partial charge in [0, 0.05) is 30.5 Å². The van der Waals surface area contributed by atoms with Crippen molar-refractivity contribution in [2.45, 2.75) is 49.2 Å². The fourth-order valence-electron chi connectivity index (χ4n) is 3.10. The first-order chi connectivity index (χ1) is 12.9. The molecule has 2 aliphatic heterocycles. The maximum atomic E-state index is 13.0. The van der Waals surface area contributed by atoms with E-state index < -0.39 is 35.3 Å². The van der Waals surface area contributed by atoms with Crippen LogP contribution in [-0.2, 0) is 25.6 Å². The van der Waals surface area contributed by atoms with Crippen molar-refractivity contribution in [1.82, 2.24) is 25.9 Å². The summed E-state index contributed by atoms with van der Waals surface area (Å²) >= 11 is 1.28. The Balaban J connectivity index is 1.68. The zero-order valence-corrected chi connectivity index (χ0v) is 15.4. The van der Waals surface area contributed by atoms with E-state index in [-0.39, 0.29) is 18.1 Å². The second-order valence-corrected chi connectivity index (χ2v) is 7.73. The second-order valence-electron chi connectivity index (χ2n) is 6.59. The first-order valence-corrected chi connectivity index (χ1v) is 9.76. The van der Waals surface area contributed by atoms with Crippen LogP contribution in [0.15, 0.2) is 12.5 Å². The molecule has 11 heteroatoms. The van der Waals surface area contributed by atoms with Crippen LogP contribution in [0.4, 0.5) is 0 Å². The van der Waals surface area contributed by atoms with Crippen molar-refractivity contribution in [2.75, 3.05) is 5.75 Å². The van der Waals surface area contributed by atoms with Gasteiger partial charge >= 0.3 is 0 Å². The summed E-state index contributed by atoms with van der Waals surface area (Å²) in [6.07, 6.45) is 4.86. The van der Waals surface area contributed by atoms with Gasteiger partial charge in [0.25, 0.3) is 0 Å². The van der Waals surface area contributed by atoms with E-state index in [0.717, 1.165) is 0 Å². The summed E-state index contributed by atoms with van der Waals surface area (Å²) in [6, 6.07) is -2.05. The maximum absolute atomic E-state index is 13.0. The smallest absolute Gasteiger partial charge is 0.243 e. The molecule has 146 valence electrons. The molecule has 0 aromatic carbocycles. The lowest BCUT2D eigenvalue weighted by Crippen LogP contribution is -2.56. The lowest BCUT2D eigenvalue weighted by molar-refractivity contribution is -0.133. The third kappa shape index (κ3) is 4.86. The number of H-pyrrole nitrogens is 1. The average molecular weight is 394 g/mol. The number of imidazole rings is 1. The lowest BCUT2D eigenvalue weighted by Gasteiger charge is -2.26. The number of piperidine rings is 1. The van der Waals surface area contributed by atoms with Crippen LogP contribution in [0.5, 0.6) is 0 Å². The summed E-state index contributed by atoms with van der Waals surface area (Å²) in [5.74, 6) is -0.939. The number of aromatic nitrogens is 2. The van der Waals surface area contributed by atoms with Gasteiger partial charge in [-0.05, 0) is 12.8 Å². The number of hydrogen-bond acceptors (Lipinski definition) is 7. The summed E-state index contributed by atoms with van der Waals surface area (Å²) in [6.45, 7) is 0. The minimum absolute atomic E-state index is 0.171. The van der Waals surface area contributed by atoms with Crippen LogP contribution in [-0.4, -0.2) is 62.7 Å². The molecule has 0 saturated carbocycles. The van der Waals surface area contributed by atoms with E-state index in [1.54, 1.807) is 6.20 Å². The van der Waals surface area contributed by atoms with E-state index in [4.69, 9.17) is 5.73 Å². The number of primary amides is 1. The SMILES string of the molecule is NC(=O)C1CSC(C(=O)C(Cc2cnc[nH]2)NC(=O)C2CCCC(=O)N2)N1. The fraction of sp³-hybridized carbons (Fsp3) is 0.562. The normalized spacial score (nSPS) is 26.2. The summed E-state index contributed by atoms with van der Waals surface area (Å²) in [5.41, 5.74) is 5.98. The van der Waals surface area contributed by atoms with Crippen molar-refractivity contribution in [1.29, 1.82) is 0 Å². The Kier molecular flexibility index (Phi) is 6.11. The third-order valence-electron chi connectivity index (χ3n) is 4.57. The molecule has 0 spiro atoms. The minimum Gasteiger partial charge on any atom is -0.368 e. The molecule has 4 unspecified atom stereocenters. The zero-order valence-electron chi connectivity index (χ0n) is 14.6. The van der Waals surface area contributed by atoms with Crippen molar-refractivity contribution < 1.29 is 19.2 Å². The largest absolute Gasteiger partial charge is 0.368 e. The molecular formula is C16H22N6O4S. The Labute approximate surface area is 159 Å². The van der Waals surface area contributed by atoms with Gasteiger partial charge in [-0.3, -0.25) is 24.5 Å². The number of hydrogen-bond donors (Lipinski definition) is 5. The Bertz CT molecular complexity index is 725. The standard InChI is InChI=1S/C16H22N6O4S/c17-14(25)11-6-27-16(22-11)13(24)10(4-8-5-18-7-19-8)21-15(26)9-2-1-3-12(23)20-9/h5,7,9-11,16,22H,1-4,6H2,(H2,17,25)(H,18,19)(H,20,23)(H,21,26). The first-order valence-electron chi connectivity index (χ1n) is 8.71. The highest BCUT2D eigenvalue weighted by Gasteiger charge is 2.37. The fourth-order valence-corrected chi connectivity index (χ4v) is 4.33. The van der Waals surface area contributed by atoms with E-state index in [0.29, 0.717) is 30.7 Å². The van der Waals surface area contributed by atoms with E-state index in [2.05, 4.69) is 25.9 Å². The molecule has 0 bridgehead atoms. The molecule has 1 aromatic rings. The molecule has 0 radical (unpaired) electrons. The number of Topliss-reactive ketones (excluding diaryl/α,β-unsaturated/α-hetero) is 1. The molecule has 10 nitrogen and oxygen atoms in total. The van der Waals surface area contributed by atoms with Gasteiger partial charge in [-0.15, -0.1) is 11.8 Å². The molecule has 2 aliphatic rings. The average Bonchev–Trinajstić information content (AvgIpc) is 3.32. The number of nitrogens with zero attached hydrogens (tertiary/aromatic N) is 1. The highest BCUT2D eigenvalue weighted by atomic mass is 32.2. The van der Waals surface area contributed by atoms with E-state index in [9.17, 15) is 19.2 Å². The van der Waals surface area contributed by atoms with Gasteiger partial charge in [-0.1, -0.05) is 0 Å². The highest BCUT2D eigenvalue weighted by Crippen LogP contribution is 2.21. The predicted molar refractivity (Wildman–Crippen MR) is 97.4 cm³/mol. The number of nitrogens with one attached hydrogen (secondary N) is 4. The quantitative estimate of drug-likeness (QED) is 0.364. The first kappa shape index (κ1) is 19.4. The van der Waals surface area contributed by atoms with Crippen LogP contribution >= 0.6 is 11.8 Å². The van der Waals surface area contributed by atoms with Crippen molar-refractivity contribution in [3.8, 4) is 0 Å². The molecule has 0 aliphatic carbocycles. The number of aromatic amines is 1. The van der Waals surface area contributed by atoms with Crippen LogP contribution in [0.1, 0.15) is 25.0 Å². The van der Waals surface area contributed by atoms with Gasteiger partial charge < -0.3 is 21.4 Å². The van der Waals surface area contributed by atoms with Crippen molar-refractivity contribution in [3.05, 3.63) is 18.2 Å². The predicted octanol–water partition coefficient (Wildman–Crippen LogP) is -1.81. The minimum atomic E-state index is -0.826. The van der Waals surface area contributed by atoms with E-state index in [1.807, 2.05) is 0 Å². The molecule has 3 amide bonds. The Hall–Kier alpha value is -2.40. The topological polar surface area (TPSA) is 159 Å². The zero-order chi connectivity index (χ0) is 19.4. The van der Waals surface area contributed by atoms with E-state index >= 15 is 0 Å². The monoisotopic (exact) mass is 394 g/mol. The molecule has 4 atom stereocenters. The van der Waals surface area contributed by atoms with Crippen molar-refractivity contribution >= 4 is 35.3 Å². The van der Waals surface area contributed by atoms with Crippen molar-refractivity contribution in [3.63, 3.8) is 0 Å². The third-order valence-corrected chi connectivity index (χ3v) is 5.80. The molecule has 3 rings (SSSR count). The number of amides is 3. The lowest BCUT2D eigenvalue weighted by atomic mass is 10.0. The highest BCUT2D eigenvalue weighted by molar-refractivity contribution is 8.00. The molecule has 27 heavy (non-hydrogen) atoms. The number of thioether (sulfide) groups is 1. The molecule has 2 saturated heterocycles. The van der Waals surface area contributed by atoms with Crippen LogP contribution in [0, 0.1) is 0 Å². The Morgan fingerprint density at radius 1 is 1.37 bits per heavy atom. The maximum Gasteiger partial charge on any atom is 0.243 e. The molecule has 3 heterocycles. The van der Waals surface area contributed by atoms with Gasteiger partial charge in [-0.25, -0.2) is 4.98 Å². The summed E-state index contributed by atoms with van der Waals surface area (Å²) in [4.78, 5) is 55.2. The van der Waals surface area contributed by atoms with Crippen LogP contribution in [0.25, 0.3) is 0 Å². The second kappa shape index (κ2) is 8.53. The van der Waals surface area contributed by atoms with Gasteiger partial charge in [0.1, 0.15) is 11.4 Å². The summed E-state index contributed by atoms with van der Waals surface area (Å²) < 4.78 is 0. The van der Waals surface area contributed by atoms with Crippen LogP contribution in [0.2, 0.25) is 0 Å². The number of carbonyl (C=O) groups is 4. The molecular weight excluding hydrogens is 372 g/mol. The Morgan fingerprint density at radius 2 is 2.19 bits per heavy atom. The Morgan fingerprint density at radius 3 is 2.81 bits per heavy atom. The van der Waals surface area contributed by atoms with Crippen LogP contribution in [0.3, 0.4) is 0 Å². The summed E-state index contributed by atoms with van der Waals surface area (Å²) in [7, 11) is 0. The van der Waals surface area contributed by atoms with E-state index in [1.165, 1.54) is 18.1 Å². The number of ketones is 1. The number of nitrogens with two attached hydrogens (primary N) is 1.